The van der Waals surface area contributed by atoms with Gasteiger partial charge in [0.1, 0.15) is 0 Å². The first-order valence-corrected chi connectivity index (χ1v) is 20.3. The van der Waals surface area contributed by atoms with Crippen LogP contribution in [0.15, 0.2) is 237 Å². The summed E-state index contributed by atoms with van der Waals surface area (Å²) in [4.78, 5) is 15.3. The van der Waals surface area contributed by atoms with E-state index in [1.54, 1.807) is 0 Å². The predicted molar refractivity (Wildman–Crippen MR) is 249 cm³/mol. The van der Waals surface area contributed by atoms with Gasteiger partial charge in [-0.3, -0.25) is 0 Å². The smallest absolute Gasteiger partial charge is 0.164 e. The molecule has 60 heavy (non-hydrogen) atoms. The Morgan fingerprint density at radius 2 is 0.367 bits per heavy atom. The zero-order valence-electron chi connectivity index (χ0n) is 32.9. The van der Waals surface area contributed by atoms with Gasteiger partial charge < -0.3 is 0 Å². The molecule has 0 amide bonds. The van der Waals surface area contributed by atoms with E-state index in [-0.39, 0.29) is 0 Å². The third-order valence-electron chi connectivity index (χ3n) is 10.9. The van der Waals surface area contributed by atoms with Gasteiger partial charge in [-0.05, 0) is 97.1 Å². The van der Waals surface area contributed by atoms with Crippen molar-refractivity contribution >= 4 is 0 Å². The second-order valence-electron chi connectivity index (χ2n) is 14.9. The van der Waals surface area contributed by atoms with Gasteiger partial charge in [-0.2, -0.15) is 0 Å². The molecule has 0 saturated carbocycles. The van der Waals surface area contributed by atoms with Crippen molar-refractivity contribution in [3.8, 4) is 101 Å². The van der Waals surface area contributed by atoms with E-state index < -0.39 is 0 Å². The Hall–Kier alpha value is -8.01. The van der Waals surface area contributed by atoms with Gasteiger partial charge in [-0.15, -0.1) is 0 Å². The molecule has 1 heterocycles. The largest absolute Gasteiger partial charge is 0.208 e. The number of nitrogens with zero attached hydrogens (tertiary/aromatic N) is 3. The van der Waals surface area contributed by atoms with E-state index in [1.165, 1.54) is 22.3 Å². The highest BCUT2D eigenvalue weighted by atomic mass is 15.0. The molecule has 0 atom stereocenters. The van der Waals surface area contributed by atoms with E-state index in [1.807, 2.05) is 60.7 Å². The fourth-order valence-electron chi connectivity index (χ4n) is 7.76. The minimum Gasteiger partial charge on any atom is -0.208 e. The molecule has 0 N–H and O–H groups in total. The number of benzene rings is 9. The molecule has 3 nitrogen and oxygen atoms in total. The van der Waals surface area contributed by atoms with Crippen LogP contribution in [-0.4, -0.2) is 15.0 Å². The maximum Gasteiger partial charge on any atom is 0.164 e. The Bertz CT molecular complexity index is 2830. The van der Waals surface area contributed by atoms with E-state index in [2.05, 4.69) is 176 Å². The molecule has 0 aliphatic rings. The first-order chi connectivity index (χ1) is 29.7. The first kappa shape index (κ1) is 36.3. The van der Waals surface area contributed by atoms with Gasteiger partial charge in [0.25, 0.3) is 0 Å². The Morgan fingerprint density at radius 1 is 0.150 bits per heavy atom. The van der Waals surface area contributed by atoms with Crippen LogP contribution in [0.4, 0.5) is 0 Å². The zero-order chi connectivity index (χ0) is 40.1. The van der Waals surface area contributed by atoms with Crippen molar-refractivity contribution < 1.29 is 0 Å². The summed E-state index contributed by atoms with van der Waals surface area (Å²) in [7, 11) is 0. The van der Waals surface area contributed by atoms with Crippen molar-refractivity contribution in [2.75, 3.05) is 0 Å². The molecule has 282 valence electrons. The third-order valence-corrected chi connectivity index (χ3v) is 10.9. The van der Waals surface area contributed by atoms with Gasteiger partial charge in [0.2, 0.25) is 0 Å². The molecule has 0 aliphatic heterocycles. The van der Waals surface area contributed by atoms with Crippen molar-refractivity contribution in [2.45, 2.75) is 0 Å². The summed E-state index contributed by atoms with van der Waals surface area (Å²) in [6, 6.07) is 83.3. The Kier molecular flexibility index (Phi) is 9.97. The Labute approximate surface area is 351 Å². The highest BCUT2D eigenvalue weighted by molar-refractivity contribution is 5.84. The van der Waals surface area contributed by atoms with Crippen LogP contribution in [0.3, 0.4) is 0 Å². The van der Waals surface area contributed by atoms with Crippen LogP contribution in [0.1, 0.15) is 0 Å². The molecule has 0 spiro atoms. The second kappa shape index (κ2) is 16.5. The predicted octanol–water partition coefficient (Wildman–Crippen LogP) is 14.9. The molecule has 0 aliphatic carbocycles. The third kappa shape index (κ3) is 7.80. The molecule has 10 aromatic rings. The number of hydrogen-bond acceptors (Lipinski definition) is 3. The van der Waals surface area contributed by atoms with Gasteiger partial charge in [-0.25, -0.2) is 15.0 Å². The standard InChI is InChI=1S/C57H39N3/c1-5-15-40(16-6-1)42-27-31-44(32-28-42)48-23-13-25-50(35-48)52-37-53(51-26-14-24-49(36-51)45-33-29-43(30-34-45)41-17-7-2-8-18-41)39-54(38-52)57-59-55(46-19-9-3-10-20-46)58-56(60-57)47-21-11-4-12-22-47/h1-39H. The summed E-state index contributed by atoms with van der Waals surface area (Å²) in [6.45, 7) is 0. The average Bonchev–Trinajstić information content (AvgIpc) is 3.35. The molecular formula is C57H39N3. The normalized spacial score (nSPS) is 11.0. The summed E-state index contributed by atoms with van der Waals surface area (Å²) in [5, 5.41) is 0. The topological polar surface area (TPSA) is 38.7 Å². The van der Waals surface area contributed by atoms with Gasteiger partial charge in [0.15, 0.2) is 17.5 Å². The lowest BCUT2D eigenvalue weighted by Crippen LogP contribution is -2.00. The Morgan fingerprint density at radius 3 is 0.717 bits per heavy atom. The fourth-order valence-corrected chi connectivity index (χ4v) is 7.76. The summed E-state index contributed by atoms with van der Waals surface area (Å²) in [6.07, 6.45) is 0. The molecule has 0 radical (unpaired) electrons. The first-order valence-electron chi connectivity index (χ1n) is 20.3. The van der Waals surface area contributed by atoms with E-state index in [0.29, 0.717) is 17.5 Å². The van der Waals surface area contributed by atoms with Gasteiger partial charge in [0.05, 0.1) is 0 Å². The van der Waals surface area contributed by atoms with Crippen molar-refractivity contribution in [3.05, 3.63) is 237 Å². The molecule has 9 aromatic carbocycles. The minimum atomic E-state index is 0.617. The highest BCUT2D eigenvalue weighted by Gasteiger charge is 2.16. The average molecular weight is 766 g/mol. The lowest BCUT2D eigenvalue weighted by molar-refractivity contribution is 1.07. The summed E-state index contributed by atoms with van der Waals surface area (Å²) in [5.74, 6) is 1.88. The maximum absolute atomic E-state index is 5.14. The molecule has 0 unspecified atom stereocenters. The van der Waals surface area contributed by atoms with Gasteiger partial charge >= 0.3 is 0 Å². The number of aromatic nitrogens is 3. The van der Waals surface area contributed by atoms with Crippen LogP contribution in [0.5, 0.6) is 0 Å². The summed E-state index contributed by atoms with van der Waals surface area (Å²) >= 11 is 0. The molecule has 0 saturated heterocycles. The SMILES string of the molecule is c1ccc(-c2ccc(-c3cccc(-c4cc(-c5cccc(-c6ccc(-c7ccccc7)cc6)c5)cc(-c5nc(-c6ccccc6)nc(-c6ccccc6)n5)c4)c3)cc2)cc1. The number of rotatable bonds is 9. The van der Waals surface area contributed by atoms with E-state index in [9.17, 15) is 0 Å². The molecule has 0 bridgehead atoms. The van der Waals surface area contributed by atoms with E-state index in [4.69, 9.17) is 15.0 Å². The van der Waals surface area contributed by atoms with Crippen LogP contribution < -0.4 is 0 Å². The van der Waals surface area contributed by atoms with E-state index in [0.717, 1.165) is 61.2 Å². The highest BCUT2D eigenvalue weighted by Crippen LogP contribution is 2.37. The van der Waals surface area contributed by atoms with Gasteiger partial charge in [-0.1, -0.05) is 206 Å². The minimum absolute atomic E-state index is 0.617. The fraction of sp³-hybridized carbons (Fsp3) is 0. The van der Waals surface area contributed by atoms with Gasteiger partial charge in [0, 0.05) is 16.7 Å². The van der Waals surface area contributed by atoms with E-state index >= 15 is 0 Å². The maximum atomic E-state index is 5.14. The van der Waals surface area contributed by atoms with Crippen LogP contribution in [-0.2, 0) is 0 Å². The molecule has 0 fully saturated rings. The van der Waals surface area contributed by atoms with Crippen LogP contribution in [0.25, 0.3) is 101 Å². The van der Waals surface area contributed by atoms with Crippen LogP contribution in [0.2, 0.25) is 0 Å². The lowest BCUT2D eigenvalue weighted by atomic mass is 9.92. The molecule has 1 aromatic heterocycles. The summed E-state index contributed by atoms with van der Waals surface area (Å²) in [5.41, 5.74) is 16.6. The van der Waals surface area contributed by atoms with Crippen molar-refractivity contribution in [1.29, 1.82) is 0 Å². The molecular weight excluding hydrogens is 727 g/mol. The quantitative estimate of drug-likeness (QED) is 0.147. The van der Waals surface area contributed by atoms with Crippen molar-refractivity contribution in [1.82, 2.24) is 15.0 Å². The second-order valence-corrected chi connectivity index (χ2v) is 14.9. The van der Waals surface area contributed by atoms with Crippen molar-refractivity contribution in [3.63, 3.8) is 0 Å². The lowest BCUT2D eigenvalue weighted by Gasteiger charge is -2.14. The van der Waals surface area contributed by atoms with Crippen molar-refractivity contribution in [2.24, 2.45) is 0 Å². The molecule has 10 rings (SSSR count). The summed E-state index contributed by atoms with van der Waals surface area (Å²) < 4.78 is 0. The van der Waals surface area contributed by atoms with Crippen LogP contribution >= 0.6 is 0 Å². The van der Waals surface area contributed by atoms with Crippen LogP contribution in [0, 0.1) is 0 Å². The number of hydrogen-bond donors (Lipinski definition) is 0. The monoisotopic (exact) mass is 765 g/mol. The molecule has 3 heteroatoms. The Balaban J connectivity index is 1.09. The zero-order valence-corrected chi connectivity index (χ0v) is 32.9.